The van der Waals surface area contributed by atoms with Crippen molar-refractivity contribution in [2.24, 2.45) is 0 Å². The maximum atomic E-state index is 10.6. The molecule has 0 atom stereocenters. The fraction of sp³-hybridized carbons (Fsp3) is 0. The highest BCUT2D eigenvalue weighted by molar-refractivity contribution is 5.72. The summed E-state index contributed by atoms with van der Waals surface area (Å²) in [6.07, 6.45) is 4.16. The van der Waals surface area contributed by atoms with Gasteiger partial charge in [0.05, 0.1) is 5.56 Å². The highest BCUT2D eigenvalue weighted by Crippen LogP contribution is 2.26. The van der Waals surface area contributed by atoms with E-state index in [2.05, 4.69) is 6.07 Å². The molecule has 2 heterocycles. The third-order valence-corrected chi connectivity index (χ3v) is 3.02. The molecule has 0 amide bonds. The Hall–Kier alpha value is -3.06. The van der Waals surface area contributed by atoms with Gasteiger partial charge < -0.3 is 4.42 Å². The van der Waals surface area contributed by atoms with E-state index in [0.717, 1.165) is 11.1 Å². The van der Waals surface area contributed by atoms with Crippen molar-refractivity contribution >= 4 is 6.29 Å². The zero-order valence-corrected chi connectivity index (χ0v) is 10.5. The Balaban J connectivity index is 2.10. The zero-order chi connectivity index (χ0) is 13.9. The summed E-state index contributed by atoms with van der Waals surface area (Å²) in [5.74, 6) is 0.763. The van der Waals surface area contributed by atoms with Crippen LogP contribution in [0.2, 0.25) is 0 Å². The molecule has 20 heavy (non-hydrogen) atoms. The SMILES string of the molecule is N#Cc1cn(-c2ccc(C=O)o2)cc1-c1ccccc1. The third kappa shape index (κ3) is 2.02. The molecule has 0 aliphatic rings. The van der Waals surface area contributed by atoms with Crippen LogP contribution in [0.25, 0.3) is 17.0 Å². The molecular weight excluding hydrogens is 252 g/mol. The maximum absolute atomic E-state index is 10.6. The average Bonchev–Trinajstić information content (AvgIpc) is 3.14. The van der Waals surface area contributed by atoms with E-state index in [1.807, 2.05) is 36.5 Å². The van der Waals surface area contributed by atoms with E-state index in [1.165, 1.54) is 0 Å². The van der Waals surface area contributed by atoms with Crippen molar-refractivity contribution < 1.29 is 9.21 Å². The molecular formula is C16H10N2O2. The van der Waals surface area contributed by atoms with Crippen LogP contribution in [0.5, 0.6) is 0 Å². The van der Waals surface area contributed by atoms with Gasteiger partial charge >= 0.3 is 0 Å². The molecule has 0 aliphatic heterocycles. The van der Waals surface area contributed by atoms with E-state index in [-0.39, 0.29) is 5.76 Å². The van der Waals surface area contributed by atoms with Crippen LogP contribution in [0, 0.1) is 11.3 Å². The molecule has 96 valence electrons. The number of carbonyl (C=O) groups is 1. The standard InChI is InChI=1S/C16H10N2O2/c17-8-13-9-18(16-7-6-14(11-19)20-16)10-15(13)12-4-2-1-3-5-12/h1-7,9-11H. The minimum absolute atomic E-state index is 0.258. The summed E-state index contributed by atoms with van der Waals surface area (Å²) in [6, 6.07) is 15.1. The van der Waals surface area contributed by atoms with Gasteiger partial charge in [0.1, 0.15) is 6.07 Å². The zero-order valence-electron chi connectivity index (χ0n) is 10.5. The Morgan fingerprint density at radius 3 is 2.55 bits per heavy atom. The smallest absolute Gasteiger partial charge is 0.204 e. The van der Waals surface area contributed by atoms with Crippen molar-refractivity contribution in [1.82, 2.24) is 4.57 Å². The normalized spacial score (nSPS) is 10.2. The van der Waals surface area contributed by atoms with Gasteiger partial charge in [-0.1, -0.05) is 30.3 Å². The molecule has 3 rings (SSSR count). The van der Waals surface area contributed by atoms with Gasteiger partial charge in [-0.25, -0.2) is 0 Å². The number of aldehydes is 1. The largest absolute Gasteiger partial charge is 0.437 e. The molecule has 0 radical (unpaired) electrons. The van der Waals surface area contributed by atoms with Crippen molar-refractivity contribution in [3.8, 4) is 23.1 Å². The molecule has 4 heteroatoms. The van der Waals surface area contributed by atoms with Crippen molar-refractivity contribution in [2.75, 3.05) is 0 Å². The van der Waals surface area contributed by atoms with Gasteiger partial charge in [0.15, 0.2) is 12.0 Å². The molecule has 3 aromatic rings. The topological polar surface area (TPSA) is 58.9 Å². The van der Waals surface area contributed by atoms with E-state index in [4.69, 9.17) is 4.42 Å². The van der Waals surface area contributed by atoms with Crippen LogP contribution in [0.15, 0.2) is 59.3 Å². The maximum Gasteiger partial charge on any atom is 0.204 e. The summed E-state index contributed by atoms with van der Waals surface area (Å²) in [7, 11) is 0. The quantitative estimate of drug-likeness (QED) is 0.679. The third-order valence-electron chi connectivity index (χ3n) is 3.02. The van der Waals surface area contributed by atoms with Crippen LogP contribution in [0.3, 0.4) is 0 Å². The number of nitrogens with zero attached hydrogens (tertiary/aromatic N) is 2. The van der Waals surface area contributed by atoms with Crippen LogP contribution in [0.1, 0.15) is 16.1 Å². The number of rotatable bonds is 3. The summed E-state index contributed by atoms with van der Waals surface area (Å²) in [5, 5.41) is 9.24. The summed E-state index contributed by atoms with van der Waals surface area (Å²) < 4.78 is 7.06. The van der Waals surface area contributed by atoms with E-state index in [0.29, 0.717) is 17.7 Å². The first-order valence-corrected chi connectivity index (χ1v) is 6.04. The van der Waals surface area contributed by atoms with Crippen molar-refractivity contribution in [2.45, 2.75) is 0 Å². The first kappa shape index (κ1) is 12.0. The molecule has 2 aromatic heterocycles. The molecule has 0 unspecified atom stereocenters. The molecule has 4 nitrogen and oxygen atoms in total. The molecule has 0 spiro atoms. The Labute approximate surface area is 115 Å². The van der Waals surface area contributed by atoms with Gasteiger partial charge in [0.25, 0.3) is 0 Å². The second-order valence-electron chi connectivity index (χ2n) is 4.26. The lowest BCUT2D eigenvalue weighted by atomic mass is 10.1. The summed E-state index contributed by atoms with van der Waals surface area (Å²) in [5.41, 5.74) is 2.35. The molecule has 0 saturated heterocycles. The second kappa shape index (κ2) is 4.90. The van der Waals surface area contributed by atoms with Gasteiger partial charge in [-0.2, -0.15) is 5.26 Å². The molecule has 0 saturated carbocycles. The summed E-state index contributed by atoms with van der Waals surface area (Å²) >= 11 is 0. The molecule has 1 aromatic carbocycles. The van der Waals surface area contributed by atoms with Gasteiger partial charge in [0, 0.05) is 24.0 Å². The fourth-order valence-corrected chi connectivity index (χ4v) is 2.06. The van der Waals surface area contributed by atoms with Crippen molar-refractivity contribution in [3.63, 3.8) is 0 Å². The van der Waals surface area contributed by atoms with Gasteiger partial charge in [0.2, 0.25) is 5.88 Å². The molecule has 0 fully saturated rings. The van der Waals surface area contributed by atoms with Crippen LogP contribution < -0.4 is 0 Å². The van der Waals surface area contributed by atoms with Crippen LogP contribution in [-0.2, 0) is 0 Å². The average molecular weight is 262 g/mol. The lowest BCUT2D eigenvalue weighted by molar-refractivity contribution is 0.110. The lowest BCUT2D eigenvalue weighted by Gasteiger charge is -1.97. The molecule has 0 aliphatic carbocycles. The van der Waals surface area contributed by atoms with Crippen molar-refractivity contribution in [3.05, 3.63) is 66.2 Å². The van der Waals surface area contributed by atoms with Gasteiger partial charge in [-0.3, -0.25) is 9.36 Å². The highest BCUT2D eigenvalue weighted by atomic mass is 16.4. The number of benzene rings is 1. The molecule has 0 N–H and O–H groups in total. The van der Waals surface area contributed by atoms with E-state index >= 15 is 0 Å². The summed E-state index contributed by atoms with van der Waals surface area (Å²) in [4.78, 5) is 10.6. The Morgan fingerprint density at radius 2 is 1.90 bits per heavy atom. The van der Waals surface area contributed by atoms with E-state index in [9.17, 15) is 10.1 Å². The number of hydrogen-bond acceptors (Lipinski definition) is 3. The van der Waals surface area contributed by atoms with Crippen LogP contribution in [-0.4, -0.2) is 10.9 Å². The van der Waals surface area contributed by atoms with Crippen LogP contribution in [0.4, 0.5) is 0 Å². The minimum atomic E-state index is 0.258. The number of carbonyl (C=O) groups excluding carboxylic acids is 1. The monoisotopic (exact) mass is 262 g/mol. The number of nitriles is 1. The Kier molecular flexibility index (Phi) is 2.94. The van der Waals surface area contributed by atoms with Crippen molar-refractivity contribution in [1.29, 1.82) is 5.26 Å². The number of aromatic nitrogens is 1. The van der Waals surface area contributed by atoms with Crippen LogP contribution >= 0.6 is 0 Å². The lowest BCUT2D eigenvalue weighted by Crippen LogP contribution is -1.85. The van der Waals surface area contributed by atoms with E-state index < -0.39 is 0 Å². The van der Waals surface area contributed by atoms with E-state index in [1.54, 1.807) is 22.9 Å². The predicted molar refractivity (Wildman–Crippen MR) is 73.6 cm³/mol. The first-order valence-electron chi connectivity index (χ1n) is 6.04. The predicted octanol–water partition coefficient (Wildman–Crippen LogP) is 3.42. The number of hydrogen-bond donors (Lipinski definition) is 0. The molecule has 0 bridgehead atoms. The Bertz CT molecular complexity index is 791. The fourth-order valence-electron chi connectivity index (χ4n) is 2.06. The number of furan rings is 1. The highest BCUT2D eigenvalue weighted by Gasteiger charge is 2.11. The first-order chi connectivity index (χ1) is 9.81. The van der Waals surface area contributed by atoms with Gasteiger partial charge in [-0.15, -0.1) is 0 Å². The summed E-state index contributed by atoms with van der Waals surface area (Å²) in [6.45, 7) is 0. The minimum Gasteiger partial charge on any atom is -0.437 e. The van der Waals surface area contributed by atoms with Gasteiger partial charge in [-0.05, 0) is 11.6 Å². The Morgan fingerprint density at radius 1 is 1.10 bits per heavy atom. The second-order valence-corrected chi connectivity index (χ2v) is 4.26.